The minimum atomic E-state index is 0.375. The van der Waals surface area contributed by atoms with Crippen LogP contribution in [-0.2, 0) is 0 Å². The molecule has 3 aromatic rings. The van der Waals surface area contributed by atoms with E-state index in [1.807, 2.05) is 48.5 Å². The van der Waals surface area contributed by atoms with Crippen LogP contribution >= 0.6 is 0 Å². The molecule has 0 aliphatic carbocycles. The summed E-state index contributed by atoms with van der Waals surface area (Å²) >= 11 is 0. The van der Waals surface area contributed by atoms with Gasteiger partial charge in [0.1, 0.15) is 6.07 Å². The quantitative estimate of drug-likeness (QED) is 0.661. The van der Waals surface area contributed by atoms with Crippen LogP contribution in [0.1, 0.15) is 5.56 Å². The van der Waals surface area contributed by atoms with E-state index >= 15 is 0 Å². The molecular formula is C16H9N3. The number of benzene rings is 2. The number of para-hydroxylation sites is 2. The fourth-order valence-electron chi connectivity index (χ4n) is 2.33. The van der Waals surface area contributed by atoms with Gasteiger partial charge in [-0.15, -0.1) is 0 Å². The first kappa shape index (κ1) is 11.1. The largest absolute Gasteiger partial charge is 0.354 e. The number of H-pyrrole nitrogens is 1. The topological polar surface area (TPSA) is 63.4 Å². The van der Waals surface area contributed by atoms with Crippen molar-refractivity contribution in [3.63, 3.8) is 0 Å². The third-order valence-electron chi connectivity index (χ3n) is 3.16. The zero-order chi connectivity index (χ0) is 13.2. The SMILES string of the molecule is N#C/C=C(/C#N)c1cccc2c1[nH]c1ccccc12. The summed E-state index contributed by atoms with van der Waals surface area (Å²) in [6.45, 7) is 0. The molecule has 19 heavy (non-hydrogen) atoms. The molecule has 0 saturated heterocycles. The maximum absolute atomic E-state index is 9.16. The average Bonchev–Trinajstić information content (AvgIpc) is 2.83. The van der Waals surface area contributed by atoms with Gasteiger partial charge in [0.15, 0.2) is 0 Å². The molecule has 0 aliphatic rings. The lowest BCUT2D eigenvalue weighted by Crippen LogP contribution is -1.83. The lowest BCUT2D eigenvalue weighted by Gasteiger charge is -1.99. The van der Waals surface area contributed by atoms with Crippen LogP contribution in [0.3, 0.4) is 0 Å². The lowest BCUT2D eigenvalue weighted by molar-refractivity contribution is 1.49. The van der Waals surface area contributed by atoms with Crippen LogP contribution in [0.5, 0.6) is 0 Å². The Bertz CT molecular complexity index is 886. The maximum Gasteiger partial charge on any atom is 0.101 e. The highest BCUT2D eigenvalue weighted by Crippen LogP contribution is 2.30. The van der Waals surface area contributed by atoms with Gasteiger partial charge in [-0.2, -0.15) is 10.5 Å². The Balaban J connectivity index is 2.43. The van der Waals surface area contributed by atoms with Gasteiger partial charge in [0.05, 0.1) is 17.2 Å². The molecule has 0 fully saturated rings. The van der Waals surface area contributed by atoms with Crippen molar-refractivity contribution in [3.8, 4) is 12.1 Å². The molecule has 2 aromatic carbocycles. The van der Waals surface area contributed by atoms with Gasteiger partial charge in [0.25, 0.3) is 0 Å². The fourth-order valence-corrected chi connectivity index (χ4v) is 2.33. The van der Waals surface area contributed by atoms with Crippen LogP contribution in [0, 0.1) is 22.7 Å². The Morgan fingerprint density at radius 1 is 1.00 bits per heavy atom. The number of nitriles is 2. The smallest absolute Gasteiger partial charge is 0.101 e. The normalized spacial score (nSPS) is 11.4. The van der Waals surface area contributed by atoms with Crippen molar-refractivity contribution in [2.45, 2.75) is 0 Å². The van der Waals surface area contributed by atoms with Gasteiger partial charge in [-0.25, -0.2) is 0 Å². The van der Waals surface area contributed by atoms with Gasteiger partial charge in [0.2, 0.25) is 0 Å². The van der Waals surface area contributed by atoms with E-state index in [2.05, 4.69) is 11.1 Å². The van der Waals surface area contributed by atoms with Crippen LogP contribution in [0.25, 0.3) is 27.4 Å². The summed E-state index contributed by atoms with van der Waals surface area (Å²) in [5, 5.41) is 20.1. The van der Waals surface area contributed by atoms with Crippen molar-refractivity contribution in [2.24, 2.45) is 0 Å². The molecule has 0 aliphatic heterocycles. The predicted octanol–water partition coefficient (Wildman–Crippen LogP) is 3.75. The van der Waals surface area contributed by atoms with Crippen LogP contribution in [0.2, 0.25) is 0 Å². The Kier molecular flexibility index (Phi) is 2.52. The Labute approximate surface area is 110 Å². The molecule has 3 rings (SSSR count). The number of allylic oxidation sites excluding steroid dienone is 2. The number of fused-ring (bicyclic) bond motifs is 3. The third-order valence-corrected chi connectivity index (χ3v) is 3.16. The van der Waals surface area contributed by atoms with Crippen LogP contribution in [0.4, 0.5) is 0 Å². The number of hydrogen-bond donors (Lipinski definition) is 1. The van der Waals surface area contributed by atoms with Gasteiger partial charge < -0.3 is 4.98 Å². The molecule has 0 spiro atoms. The van der Waals surface area contributed by atoms with Gasteiger partial charge in [-0.3, -0.25) is 0 Å². The Morgan fingerprint density at radius 2 is 1.79 bits per heavy atom. The van der Waals surface area contributed by atoms with Crippen molar-refractivity contribution >= 4 is 27.4 Å². The van der Waals surface area contributed by atoms with E-state index < -0.39 is 0 Å². The van der Waals surface area contributed by atoms with E-state index in [9.17, 15) is 0 Å². The van der Waals surface area contributed by atoms with E-state index in [0.717, 1.165) is 27.4 Å². The summed E-state index contributed by atoms with van der Waals surface area (Å²) in [5.74, 6) is 0. The lowest BCUT2D eigenvalue weighted by atomic mass is 10.0. The van der Waals surface area contributed by atoms with Gasteiger partial charge >= 0.3 is 0 Å². The first-order chi connectivity index (χ1) is 9.35. The average molecular weight is 243 g/mol. The summed E-state index contributed by atoms with van der Waals surface area (Å²) in [5.41, 5.74) is 3.06. The van der Waals surface area contributed by atoms with E-state index in [0.29, 0.717) is 5.57 Å². The second-order valence-corrected chi connectivity index (χ2v) is 4.20. The zero-order valence-corrected chi connectivity index (χ0v) is 10.0. The number of rotatable bonds is 1. The monoisotopic (exact) mass is 243 g/mol. The molecule has 0 radical (unpaired) electrons. The van der Waals surface area contributed by atoms with E-state index in [1.54, 1.807) is 0 Å². The molecule has 1 N–H and O–H groups in total. The van der Waals surface area contributed by atoms with E-state index in [4.69, 9.17) is 10.5 Å². The summed E-state index contributed by atoms with van der Waals surface area (Å²) in [6.07, 6.45) is 1.28. The highest BCUT2D eigenvalue weighted by molar-refractivity contribution is 6.11. The number of aromatic amines is 1. The predicted molar refractivity (Wildman–Crippen MR) is 75.0 cm³/mol. The number of nitrogens with zero attached hydrogens (tertiary/aromatic N) is 2. The maximum atomic E-state index is 9.16. The second-order valence-electron chi connectivity index (χ2n) is 4.20. The highest BCUT2D eigenvalue weighted by Gasteiger charge is 2.10. The molecule has 88 valence electrons. The molecule has 3 nitrogen and oxygen atoms in total. The number of hydrogen-bond acceptors (Lipinski definition) is 2. The first-order valence-electron chi connectivity index (χ1n) is 5.85. The zero-order valence-electron chi connectivity index (χ0n) is 10.0. The minimum Gasteiger partial charge on any atom is -0.354 e. The number of nitrogens with one attached hydrogen (secondary N) is 1. The summed E-state index contributed by atoms with van der Waals surface area (Å²) in [4.78, 5) is 3.32. The molecule has 0 unspecified atom stereocenters. The molecule has 0 atom stereocenters. The standard InChI is InChI=1S/C16H9N3/c17-9-8-11(10-18)12-5-3-6-14-13-4-1-2-7-15(13)19-16(12)14/h1-8,19H/b11-8-. The summed E-state index contributed by atoms with van der Waals surface area (Å²) in [7, 11) is 0. The van der Waals surface area contributed by atoms with Crippen LogP contribution in [0.15, 0.2) is 48.5 Å². The van der Waals surface area contributed by atoms with E-state index in [-0.39, 0.29) is 0 Å². The second kappa shape index (κ2) is 4.33. The van der Waals surface area contributed by atoms with Crippen molar-refractivity contribution < 1.29 is 0 Å². The van der Waals surface area contributed by atoms with Gasteiger partial charge in [-0.05, 0) is 6.07 Å². The molecule has 1 aromatic heterocycles. The van der Waals surface area contributed by atoms with Crippen molar-refractivity contribution in [1.82, 2.24) is 4.98 Å². The molecule has 0 bridgehead atoms. The fraction of sp³-hybridized carbons (Fsp3) is 0. The van der Waals surface area contributed by atoms with Crippen LogP contribution < -0.4 is 0 Å². The first-order valence-corrected chi connectivity index (χ1v) is 5.85. The molecule has 1 heterocycles. The molecule has 0 amide bonds. The van der Waals surface area contributed by atoms with Gasteiger partial charge in [0, 0.05) is 27.9 Å². The summed E-state index contributed by atoms with van der Waals surface area (Å²) in [6, 6.07) is 17.7. The number of aromatic nitrogens is 1. The molecule has 0 saturated carbocycles. The summed E-state index contributed by atoms with van der Waals surface area (Å²) < 4.78 is 0. The van der Waals surface area contributed by atoms with Crippen LogP contribution in [-0.4, -0.2) is 4.98 Å². The molecule has 3 heteroatoms. The Hall–Kier alpha value is -3.04. The van der Waals surface area contributed by atoms with E-state index in [1.165, 1.54) is 6.08 Å². The van der Waals surface area contributed by atoms with Gasteiger partial charge in [-0.1, -0.05) is 36.4 Å². The Morgan fingerprint density at radius 3 is 2.58 bits per heavy atom. The van der Waals surface area contributed by atoms with Crippen molar-refractivity contribution in [2.75, 3.05) is 0 Å². The highest BCUT2D eigenvalue weighted by atomic mass is 14.7. The third kappa shape index (κ3) is 1.66. The molecular weight excluding hydrogens is 234 g/mol. The van der Waals surface area contributed by atoms with Crippen molar-refractivity contribution in [3.05, 3.63) is 54.1 Å². The minimum absolute atomic E-state index is 0.375. The van der Waals surface area contributed by atoms with Crippen molar-refractivity contribution in [1.29, 1.82) is 10.5 Å².